The van der Waals surface area contributed by atoms with Gasteiger partial charge in [-0.1, -0.05) is 43.2 Å². The molecule has 2 saturated heterocycles. The third kappa shape index (κ3) is 4.95. The third-order valence-corrected chi connectivity index (χ3v) is 4.94. The van der Waals surface area contributed by atoms with Crippen LogP contribution in [0, 0.1) is 0 Å². The molecule has 0 aromatic heterocycles. The second-order valence-electron chi connectivity index (χ2n) is 6.72. The molecule has 1 aromatic carbocycles. The van der Waals surface area contributed by atoms with Crippen molar-refractivity contribution in [1.29, 1.82) is 0 Å². The highest BCUT2D eigenvalue weighted by Crippen LogP contribution is 2.23. The summed E-state index contributed by atoms with van der Waals surface area (Å²) in [5, 5.41) is 3.02. The molecule has 0 spiro atoms. The van der Waals surface area contributed by atoms with Crippen molar-refractivity contribution in [3.05, 3.63) is 35.9 Å². The van der Waals surface area contributed by atoms with Crippen LogP contribution in [-0.4, -0.2) is 61.1 Å². The van der Waals surface area contributed by atoms with Crippen LogP contribution < -0.4 is 5.32 Å². The number of ether oxygens (including phenoxy) is 1. The highest BCUT2D eigenvalue weighted by Gasteiger charge is 2.26. The highest BCUT2D eigenvalue weighted by molar-refractivity contribution is 5.82. The summed E-state index contributed by atoms with van der Waals surface area (Å²) < 4.78 is 4.87. The molecule has 0 bridgehead atoms. The standard InChI is InChI=1S/C19H27N3O3/c23-18(15-22-12-13-25-19(22)24)20-14-17(16-8-4-3-5-9-16)21-10-6-1-2-7-11-21/h3-5,8-9,17H,1-2,6-7,10-15H2,(H,20,23)/t17-/m0/s1. The van der Waals surface area contributed by atoms with Crippen LogP contribution in [0.4, 0.5) is 4.79 Å². The number of carbonyl (C=O) groups excluding carboxylic acids is 2. The molecule has 6 nitrogen and oxygen atoms in total. The second kappa shape index (κ2) is 8.85. The fourth-order valence-electron chi connectivity index (χ4n) is 3.55. The van der Waals surface area contributed by atoms with Crippen molar-refractivity contribution in [3.8, 4) is 0 Å². The predicted molar refractivity (Wildman–Crippen MR) is 95.2 cm³/mol. The molecule has 0 unspecified atom stereocenters. The Morgan fingerprint density at radius 1 is 1.08 bits per heavy atom. The maximum atomic E-state index is 12.3. The monoisotopic (exact) mass is 345 g/mol. The van der Waals surface area contributed by atoms with Crippen molar-refractivity contribution >= 4 is 12.0 Å². The fraction of sp³-hybridized carbons (Fsp3) is 0.579. The fourth-order valence-corrected chi connectivity index (χ4v) is 3.55. The van der Waals surface area contributed by atoms with E-state index in [0.29, 0.717) is 19.7 Å². The molecule has 2 fully saturated rings. The summed E-state index contributed by atoms with van der Waals surface area (Å²) in [6, 6.07) is 10.5. The van der Waals surface area contributed by atoms with Crippen molar-refractivity contribution in [3.63, 3.8) is 0 Å². The van der Waals surface area contributed by atoms with Crippen LogP contribution in [0.25, 0.3) is 0 Å². The van der Waals surface area contributed by atoms with E-state index in [4.69, 9.17) is 4.74 Å². The van der Waals surface area contributed by atoms with Crippen molar-refractivity contribution in [2.75, 3.05) is 39.3 Å². The van der Waals surface area contributed by atoms with Crippen LogP contribution in [0.1, 0.15) is 37.3 Å². The molecule has 2 heterocycles. The van der Waals surface area contributed by atoms with Gasteiger partial charge in [-0.2, -0.15) is 0 Å². The van der Waals surface area contributed by atoms with E-state index in [1.54, 1.807) is 0 Å². The smallest absolute Gasteiger partial charge is 0.410 e. The Bertz CT molecular complexity index is 571. The van der Waals surface area contributed by atoms with Gasteiger partial charge in [-0.25, -0.2) is 4.79 Å². The van der Waals surface area contributed by atoms with Crippen LogP contribution in [-0.2, 0) is 9.53 Å². The maximum Gasteiger partial charge on any atom is 0.410 e. The van der Waals surface area contributed by atoms with E-state index in [-0.39, 0.29) is 18.5 Å². The lowest BCUT2D eigenvalue weighted by Gasteiger charge is -2.31. The molecular formula is C19H27N3O3. The number of hydrogen-bond donors (Lipinski definition) is 1. The Hall–Kier alpha value is -2.08. The molecule has 1 N–H and O–H groups in total. The zero-order valence-electron chi connectivity index (χ0n) is 14.7. The number of hydrogen-bond acceptors (Lipinski definition) is 4. The summed E-state index contributed by atoms with van der Waals surface area (Å²) in [6.07, 6.45) is 4.57. The van der Waals surface area contributed by atoms with E-state index in [1.807, 2.05) is 18.2 Å². The van der Waals surface area contributed by atoms with Crippen LogP contribution in [0.2, 0.25) is 0 Å². The summed E-state index contributed by atoms with van der Waals surface area (Å²) in [4.78, 5) is 27.6. The Kier molecular flexibility index (Phi) is 6.28. The molecule has 2 aliphatic heterocycles. The van der Waals surface area contributed by atoms with Gasteiger partial charge in [-0.3, -0.25) is 14.6 Å². The van der Waals surface area contributed by atoms with Gasteiger partial charge < -0.3 is 10.1 Å². The number of likely N-dealkylation sites (tertiary alicyclic amines) is 1. The van der Waals surface area contributed by atoms with Crippen molar-refractivity contribution in [2.24, 2.45) is 0 Å². The first-order chi connectivity index (χ1) is 12.2. The average molecular weight is 345 g/mol. The molecule has 2 aliphatic rings. The normalized spacial score (nSPS) is 20.0. The lowest BCUT2D eigenvalue weighted by Crippen LogP contribution is -2.42. The predicted octanol–water partition coefficient (Wildman–Crippen LogP) is 2.17. The van der Waals surface area contributed by atoms with Crippen LogP contribution >= 0.6 is 0 Å². The first-order valence-corrected chi connectivity index (χ1v) is 9.21. The summed E-state index contributed by atoms with van der Waals surface area (Å²) in [7, 11) is 0. The summed E-state index contributed by atoms with van der Waals surface area (Å²) in [5.41, 5.74) is 1.23. The maximum absolute atomic E-state index is 12.3. The molecule has 136 valence electrons. The Labute approximate surface area is 149 Å². The number of amides is 2. The van der Waals surface area contributed by atoms with Gasteiger partial charge in [0.1, 0.15) is 13.2 Å². The van der Waals surface area contributed by atoms with Crippen molar-refractivity contribution in [2.45, 2.75) is 31.7 Å². The largest absolute Gasteiger partial charge is 0.448 e. The number of benzene rings is 1. The first-order valence-electron chi connectivity index (χ1n) is 9.21. The summed E-state index contributed by atoms with van der Waals surface area (Å²) >= 11 is 0. The Morgan fingerprint density at radius 3 is 2.44 bits per heavy atom. The van der Waals surface area contributed by atoms with Gasteiger partial charge in [0, 0.05) is 6.54 Å². The molecule has 0 saturated carbocycles. The van der Waals surface area contributed by atoms with E-state index in [0.717, 1.165) is 13.1 Å². The molecule has 6 heteroatoms. The number of cyclic esters (lactones) is 1. The first kappa shape index (κ1) is 17.7. The molecule has 0 radical (unpaired) electrons. The SMILES string of the molecule is O=C(CN1CCOC1=O)NC[C@@H](c1ccccc1)N1CCCCCC1. The number of nitrogens with zero attached hydrogens (tertiary/aromatic N) is 2. The minimum atomic E-state index is -0.401. The number of carbonyl (C=O) groups is 2. The molecular weight excluding hydrogens is 318 g/mol. The van der Waals surface area contributed by atoms with E-state index in [2.05, 4.69) is 22.3 Å². The van der Waals surface area contributed by atoms with Crippen LogP contribution in [0.15, 0.2) is 30.3 Å². The minimum Gasteiger partial charge on any atom is -0.448 e. The quantitative estimate of drug-likeness (QED) is 0.858. The van der Waals surface area contributed by atoms with Gasteiger partial charge >= 0.3 is 6.09 Å². The number of nitrogens with one attached hydrogen (secondary N) is 1. The lowest BCUT2D eigenvalue weighted by atomic mass is 10.0. The average Bonchev–Trinajstić information content (AvgIpc) is 2.87. The van der Waals surface area contributed by atoms with E-state index >= 15 is 0 Å². The van der Waals surface area contributed by atoms with Gasteiger partial charge in [-0.05, 0) is 31.5 Å². The number of rotatable bonds is 6. The Balaban J connectivity index is 1.61. The highest BCUT2D eigenvalue weighted by atomic mass is 16.6. The van der Waals surface area contributed by atoms with Crippen molar-refractivity contribution < 1.29 is 14.3 Å². The zero-order chi connectivity index (χ0) is 17.5. The summed E-state index contributed by atoms with van der Waals surface area (Å²) in [6.45, 7) is 3.61. The van der Waals surface area contributed by atoms with Crippen molar-refractivity contribution in [1.82, 2.24) is 15.1 Å². The molecule has 1 atom stereocenters. The van der Waals surface area contributed by atoms with Gasteiger partial charge in [0.2, 0.25) is 5.91 Å². The molecule has 25 heavy (non-hydrogen) atoms. The van der Waals surface area contributed by atoms with Crippen LogP contribution in [0.3, 0.4) is 0 Å². The molecule has 1 aromatic rings. The topological polar surface area (TPSA) is 61.9 Å². The lowest BCUT2D eigenvalue weighted by molar-refractivity contribution is -0.121. The van der Waals surface area contributed by atoms with E-state index < -0.39 is 6.09 Å². The van der Waals surface area contributed by atoms with Crippen LogP contribution in [0.5, 0.6) is 0 Å². The van der Waals surface area contributed by atoms with E-state index in [1.165, 1.54) is 36.1 Å². The van der Waals surface area contributed by atoms with Gasteiger partial charge in [-0.15, -0.1) is 0 Å². The molecule has 0 aliphatic carbocycles. The third-order valence-electron chi connectivity index (χ3n) is 4.94. The second-order valence-corrected chi connectivity index (χ2v) is 6.72. The van der Waals surface area contributed by atoms with Gasteiger partial charge in [0.05, 0.1) is 12.6 Å². The molecule has 2 amide bonds. The van der Waals surface area contributed by atoms with Gasteiger partial charge in [0.15, 0.2) is 0 Å². The van der Waals surface area contributed by atoms with E-state index in [9.17, 15) is 9.59 Å². The summed E-state index contributed by atoms with van der Waals surface area (Å²) in [5.74, 6) is -0.130. The Morgan fingerprint density at radius 2 is 1.80 bits per heavy atom. The molecule has 3 rings (SSSR count). The zero-order valence-corrected chi connectivity index (χ0v) is 14.7. The van der Waals surface area contributed by atoms with Gasteiger partial charge in [0.25, 0.3) is 0 Å². The minimum absolute atomic E-state index is 0.0698.